The van der Waals surface area contributed by atoms with Gasteiger partial charge in [0.1, 0.15) is 11.3 Å². The van der Waals surface area contributed by atoms with Crippen LogP contribution in [0.25, 0.3) is 17.1 Å². The summed E-state index contributed by atoms with van der Waals surface area (Å²) in [7, 11) is 1.34. The molecule has 0 radical (unpaired) electrons. The Balaban J connectivity index is 1.49. The Bertz CT molecular complexity index is 1340. The van der Waals surface area contributed by atoms with Crippen LogP contribution < -0.4 is 9.47 Å². The highest BCUT2D eigenvalue weighted by Crippen LogP contribution is 2.35. The highest BCUT2D eigenvalue weighted by atomic mass is 19.1. The maximum Gasteiger partial charge on any atom is 0.263 e. The molecule has 4 heterocycles. The number of nitrogens with zero attached hydrogens (tertiary/aromatic N) is 7. The molecule has 4 aromatic rings. The summed E-state index contributed by atoms with van der Waals surface area (Å²) in [6.07, 6.45) is 5.90. The van der Waals surface area contributed by atoms with Crippen molar-refractivity contribution in [3.8, 4) is 28.8 Å². The summed E-state index contributed by atoms with van der Waals surface area (Å²) in [6.45, 7) is 2.76. The molecule has 12 heteroatoms. The summed E-state index contributed by atoms with van der Waals surface area (Å²) in [5, 5.41) is 12.3. The highest BCUT2D eigenvalue weighted by molar-refractivity contribution is 5.98. The van der Waals surface area contributed by atoms with Crippen LogP contribution in [0, 0.1) is 5.82 Å². The van der Waals surface area contributed by atoms with Gasteiger partial charge in [0, 0.05) is 18.8 Å². The molecule has 180 valence electrons. The third-order valence-corrected chi connectivity index (χ3v) is 5.67. The fourth-order valence-corrected chi connectivity index (χ4v) is 4.09. The largest absolute Gasteiger partial charge is 0.494 e. The zero-order chi connectivity index (χ0) is 24.4. The molecule has 1 atom stereocenters. The number of carbonyl (C=O) groups excluding carboxylic acids is 1. The minimum atomic E-state index is -0.626. The van der Waals surface area contributed by atoms with Crippen LogP contribution in [-0.2, 0) is 0 Å². The Hall–Kier alpha value is -4.35. The third kappa shape index (κ3) is 4.18. The smallest absolute Gasteiger partial charge is 0.263 e. The third-order valence-electron chi connectivity index (χ3n) is 5.67. The number of amides is 1. The van der Waals surface area contributed by atoms with Gasteiger partial charge in [-0.25, -0.2) is 9.37 Å². The second-order valence-corrected chi connectivity index (χ2v) is 7.73. The predicted octanol–water partition coefficient (Wildman–Crippen LogP) is 3.24. The Morgan fingerprint density at radius 3 is 2.86 bits per heavy atom. The number of pyridine rings is 1. The van der Waals surface area contributed by atoms with Crippen LogP contribution in [0.1, 0.15) is 42.0 Å². The molecule has 0 aliphatic carbocycles. The first-order valence-corrected chi connectivity index (χ1v) is 11.1. The van der Waals surface area contributed by atoms with Crippen molar-refractivity contribution in [3.63, 3.8) is 0 Å². The number of hydrogen-bond acceptors (Lipinski definition) is 9. The molecule has 0 spiro atoms. The van der Waals surface area contributed by atoms with E-state index in [2.05, 4.69) is 25.3 Å². The van der Waals surface area contributed by atoms with Crippen LogP contribution in [0.3, 0.4) is 0 Å². The number of aromatic nitrogens is 6. The maximum absolute atomic E-state index is 14.5. The van der Waals surface area contributed by atoms with E-state index in [1.54, 1.807) is 23.2 Å². The van der Waals surface area contributed by atoms with Gasteiger partial charge in [-0.2, -0.15) is 20.0 Å². The Kier molecular flexibility index (Phi) is 6.08. The van der Waals surface area contributed by atoms with Crippen molar-refractivity contribution in [1.29, 1.82) is 0 Å². The predicted molar refractivity (Wildman–Crippen MR) is 120 cm³/mol. The molecule has 1 fully saturated rings. The van der Waals surface area contributed by atoms with Gasteiger partial charge in [-0.15, -0.1) is 0 Å². The molecule has 35 heavy (non-hydrogen) atoms. The normalized spacial score (nSPS) is 15.4. The Labute approximate surface area is 199 Å². The number of hydrogen-bond donors (Lipinski definition) is 0. The molecule has 11 nitrogen and oxygen atoms in total. The minimum absolute atomic E-state index is 0.0538. The van der Waals surface area contributed by atoms with Crippen LogP contribution >= 0.6 is 0 Å². The molecule has 1 saturated heterocycles. The van der Waals surface area contributed by atoms with Crippen LogP contribution in [0.5, 0.6) is 11.6 Å². The molecule has 0 saturated carbocycles. The van der Waals surface area contributed by atoms with Crippen molar-refractivity contribution in [2.45, 2.75) is 25.8 Å². The molecule has 1 aliphatic heterocycles. The van der Waals surface area contributed by atoms with Crippen molar-refractivity contribution in [2.24, 2.45) is 0 Å². The van der Waals surface area contributed by atoms with Crippen LogP contribution in [0.4, 0.5) is 4.39 Å². The van der Waals surface area contributed by atoms with Gasteiger partial charge >= 0.3 is 0 Å². The van der Waals surface area contributed by atoms with E-state index in [0.717, 1.165) is 6.42 Å². The van der Waals surface area contributed by atoms with Crippen molar-refractivity contribution in [1.82, 2.24) is 35.0 Å². The number of benzene rings is 1. The topological polar surface area (TPSA) is 121 Å². The van der Waals surface area contributed by atoms with Crippen LogP contribution in [0.15, 0.2) is 47.4 Å². The van der Waals surface area contributed by atoms with Gasteiger partial charge < -0.3 is 18.9 Å². The quantitative estimate of drug-likeness (QED) is 0.393. The first-order chi connectivity index (χ1) is 17.1. The fraction of sp³-hybridized carbons (Fsp3) is 0.304. The first-order valence-electron chi connectivity index (χ1n) is 11.1. The van der Waals surface area contributed by atoms with E-state index in [9.17, 15) is 9.18 Å². The van der Waals surface area contributed by atoms with Crippen molar-refractivity contribution < 1.29 is 23.2 Å². The van der Waals surface area contributed by atoms with E-state index in [-0.39, 0.29) is 28.8 Å². The van der Waals surface area contributed by atoms with Gasteiger partial charge in [0.15, 0.2) is 17.4 Å². The zero-order valence-corrected chi connectivity index (χ0v) is 19.1. The average Bonchev–Trinajstić information content (AvgIpc) is 3.65. The number of carbonyl (C=O) groups is 1. The molecular weight excluding hydrogens is 457 g/mol. The van der Waals surface area contributed by atoms with Gasteiger partial charge in [0.2, 0.25) is 5.88 Å². The van der Waals surface area contributed by atoms with Crippen molar-refractivity contribution >= 4 is 5.91 Å². The summed E-state index contributed by atoms with van der Waals surface area (Å²) in [4.78, 5) is 25.3. The summed E-state index contributed by atoms with van der Waals surface area (Å²) >= 11 is 0. The van der Waals surface area contributed by atoms with E-state index >= 15 is 0 Å². The summed E-state index contributed by atoms with van der Waals surface area (Å²) in [5.74, 6) is -0.0218. The van der Waals surface area contributed by atoms with E-state index in [1.165, 1.54) is 36.4 Å². The lowest BCUT2D eigenvalue weighted by Gasteiger charge is -2.23. The summed E-state index contributed by atoms with van der Waals surface area (Å²) < 4.78 is 30.7. The van der Waals surface area contributed by atoms with E-state index in [0.29, 0.717) is 36.8 Å². The number of likely N-dealkylation sites (tertiary alicyclic amines) is 1. The van der Waals surface area contributed by atoms with E-state index < -0.39 is 11.9 Å². The number of rotatable bonds is 7. The summed E-state index contributed by atoms with van der Waals surface area (Å²) in [6, 6.07) is 5.64. The molecule has 0 unspecified atom stereocenters. The number of methoxy groups -OCH3 is 1. The monoisotopic (exact) mass is 479 g/mol. The lowest BCUT2D eigenvalue weighted by molar-refractivity contribution is 0.0727. The minimum Gasteiger partial charge on any atom is -0.494 e. The van der Waals surface area contributed by atoms with Gasteiger partial charge in [-0.05, 0) is 38.0 Å². The van der Waals surface area contributed by atoms with Crippen LogP contribution in [-0.4, -0.2) is 61.2 Å². The SMILES string of the molecule is CCOc1ncccc1-c1nc([C@@H]2CCCN2C(=O)c2cc(OC)c(F)cc2-n2nccn2)no1. The Morgan fingerprint density at radius 2 is 2.09 bits per heavy atom. The Morgan fingerprint density at radius 1 is 1.26 bits per heavy atom. The molecule has 5 rings (SSSR count). The van der Waals surface area contributed by atoms with E-state index in [4.69, 9.17) is 14.0 Å². The maximum atomic E-state index is 14.5. The molecule has 1 aromatic carbocycles. The molecule has 0 bridgehead atoms. The van der Waals surface area contributed by atoms with E-state index in [1.807, 2.05) is 6.92 Å². The second-order valence-electron chi connectivity index (χ2n) is 7.73. The van der Waals surface area contributed by atoms with Gasteiger partial charge in [0.25, 0.3) is 11.8 Å². The first kappa shape index (κ1) is 22.4. The number of ether oxygens (including phenoxy) is 2. The van der Waals surface area contributed by atoms with Crippen molar-refractivity contribution in [3.05, 3.63) is 60.1 Å². The van der Waals surface area contributed by atoms with Gasteiger partial charge in [0.05, 0.1) is 37.7 Å². The zero-order valence-electron chi connectivity index (χ0n) is 19.1. The highest BCUT2D eigenvalue weighted by Gasteiger charge is 2.36. The van der Waals surface area contributed by atoms with Crippen molar-refractivity contribution in [2.75, 3.05) is 20.3 Å². The number of halogens is 1. The molecule has 3 aromatic heterocycles. The molecule has 1 aliphatic rings. The molecule has 0 N–H and O–H groups in total. The van der Waals surface area contributed by atoms with Gasteiger partial charge in [-0.3, -0.25) is 4.79 Å². The lowest BCUT2D eigenvalue weighted by Crippen LogP contribution is -2.32. The molecule has 1 amide bonds. The molecular formula is C23H22FN7O4. The lowest BCUT2D eigenvalue weighted by atomic mass is 10.1. The standard InChI is InChI=1S/C23H22FN7O4/c1-3-34-21-14(6-4-8-25-21)22-28-20(29-35-22)17-7-5-11-30(17)23(32)15-12-19(33-2)16(24)13-18(15)31-26-9-10-27-31/h4,6,8-10,12-13,17H,3,5,7,11H2,1-2H3/t17-/m0/s1. The van der Waals surface area contributed by atoms with Gasteiger partial charge in [-0.1, -0.05) is 5.16 Å². The summed E-state index contributed by atoms with van der Waals surface area (Å²) in [5.41, 5.74) is 0.967. The second kappa shape index (κ2) is 9.49. The van der Waals surface area contributed by atoms with Crippen LogP contribution in [0.2, 0.25) is 0 Å². The fourth-order valence-electron chi connectivity index (χ4n) is 4.09. The average molecular weight is 479 g/mol.